The maximum atomic E-state index is 12.4. The third-order valence-corrected chi connectivity index (χ3v) is 12.0. The van der Waals surface area contributed by atoms with Crippen LogP contribution in [0.3, 0.4) is 0 Å². The van der Waals surface area contributed by atoms with Crippen LogP contribution in [0.5, 0.6) is 23.0 Å². The van der Waals surface area contributed by atoms with E-state index in [0.29, 0.717) is 54.2 Å². The Labute approximate surface area is 384 Å². The van der Waals surface area contributed by atoms with Gasteiger partial charge in [-0.15, -0.1) is 0 Å². The van der Waals surface area contributed by atoms with Crippen LogP contribution in [0.4, 0.5) is 0 Å². The zero-order chi connectivity index (χ0) is 43.9. The molecule has 6 rings (SSSR count). The molecule has 0 aliphatic carbocycles. The lowest BCUT2D eigenvalue weighted by molar-refractivity contribution is -0.136. The normalized spacial score (nSPS) is 11.7. The standard InChI is InChI=1S/C25H22Cl2O4S.C22H18Cl2O4S/c1-16(28)25(32-17(2)29)20-10-7-13-23(30-14-18-8-3-5-11-21(18)26)24(20)31-15-19-9-4-6-12-22(19)27;23-17-9-3-1-6-14(17)12-27-19-11-5-8-16(21(29)22(25)26)20(19)28-13-15-7-2-4-10-18(15)24/h3-13,25H,14-15H2,1-2H3;1-11,21,29H,12-13H2,(H,25,26). The van der Waals surface area contributed by atoms with Crippen LogP contribution in [-0.2, 0) is 40.8 Å². The van der Waals surface area contributed by atoms with Gasteiger partial charge in [-0.2, -0.15) is 12.6 Å². The average molecular weight is 939 g/mol. The molecule has 0 bridgehead atoms. The zero-order valence-corrected chi connectivity index (χ0v) is 37.6. The summed E-state index contributed by atoms with van der Waals surface area (Å²) in [7, 11) is 0. The molecule has 61 heavy (non-hydrogen) atoms. The number of halogens is 4. The molecule has 2 unspecified atom stereocenters. The van der Waals surface area contributed by atoms with Gasteiger partial charge in [0.05, 0.1) is 5.25 Å². The number of carboxylic acid groups (broad SMARTS) is 1. The second-order valence-corrected chi connectivity index (χ2v) is 16.6. The Morgan fingerprint density at radius 1 is 0.525 bits per heavy atom. The van der Waals surface area contributed by atoms with E-state index < -0.39 is 16.5 Å². The van der Waals surface area contributed by atoms with Gasteiger partial charge in [-0.05, 0) is 43.3 Å². The van der Waals surface area contributed by atoms with Gasteiger partial charge in [0.15, 0.2) is 28.1 Å². The summed E-state index contributed by atoms with van der Waals surface area (Å²) in [6.45, 7) is 3.64. The highest BCUT2D eigenvalue weighted by atomic mass is 35.5. The fourth-order valence-corrected chi connectivity index (χ4v) is 7.54. The number of benzene rings is 6. The van der Waals surface area contributed by atoms with E-state index in [-0.39, 0.29) is 37.3 Å². The van der Waals surface area contributed by atoms with Gasteiger partial charge in [-0.3, -0.25) is 14.4 Å². The first-order valence-corrected chi connectivity index (χ1v) is 21.5. The van der Waals surface area contributed by atoms with Gasteiger partial charge < -0.3 is 24.1 Å². The summed E-state index contributed by atoms with van der Waals surface area (Å²) in [5.41, 5.74) is 4.15. The number of ether oxygens (including phenoxy) is 4. The summed E-state index contributed by atoms with van der Waals surface area (Å²) in [4.78, 5) is 35.7. The molecule has 0 spiro atoms. The Kier molecular flexibility index (Phi) is 18.1. The predicted molar refractivity (Wildman–Crippen MR) is 247 cm³/mol. The van der Waals surface area contributed by atoms with Gasteiger partial charge in [0.2, 0.25) is 0 Å². The number of thiol groups is 1. The third kappa shape index (κ3) is 13.6. The average Bonchev–Trinajstić information content (AvgIpc) is 3.24. The molecular formula is C47H40Cl4O8S2. The van der Waals surface area contributed by atoms with E-state index in [2.05, 4.69) is 12.6 Å². The van der Waals surface area contributed by atoms with Crippen LogP contribution in [0.2, 0.25) is 20.1 Å². The highest BCUT2D eigenvalue weighted by Gasteiger charge is 2.27. The molecule has 0 saturated heterocycles. The van der Waals surface area contributed by atoms with Crippen molar-refractivity contribution >= 4 is 87.7 Å². The van der Waals surface area contributed by atoms with Crippen molar-refractivity contribution in [3.05, 3.63) is 187 Å². The van der Waals surface area contributed by atoms with E-state index >= 15 is 0 Å². The van der Waals surface area contributed by atoms with Gasteiger partial charge in [-0.1, -0.05) is 155 Å². The van der Waals surface area contributed by atoms with Crippen molar-refractivity contribution in [3.8, 4) is 23.0 Å². The van der Waals surface area contributed by atoms with Gasteiger partial charge in [0, 0.05) is 60.4 Å². The number of carbonyl (C=O) groups excluding carboxylic acids is 2. The maximum Gasteiger partial charge on any atom is 0.321 e. The summed E-state index contributed by atoms with van der Waals surface area (Å²) < 4.78 is 24.1. The minimum absolute atomic E-state index is 0.152. The summed E-state index contributed by atoms with van der Waals surface area (Å²) in [5.74, 6) is 0.310. The number of aliphatic carboxylic acids is 1. The fourth-order valence-electron chi connectivity index (χ4n) is 5.76. The second kappa shape index (κ2) is 23.4. The number of rotatable bonds is 17. The van der Waals surface area contributed by atoms with Gasteiger partial charge in [-0.25, -0.2) is 0 Å². The number of ketones is 1. The maximum absolute atomic E-state index is 12.4. The van der Waals surface area contributed by atoms with Crippen molar-refractivity contribution in [3.63, 3.8) is 0 Å². The third-order valence-electron chi connectivity index (χ3n) is 8.82. The Bertz CT molecular complexity index is 2460. The second-order valence-electron chi connectivity index (χ2n) is 13.2. The van der Waals surface area contributed by atoms with Crippen LogP contribution >= 0.6 is 70.8 Å². The highest BCUT2D eigenvalue weighted by Crippen LogP contribution is 2.43. The summed E-state index contributed by atoms with van der Waals surface area (Å²) in [6.07, 6.45) is 0. The quantitative estimate of drug-likeness (QED) is 0.0864. The number of Topliss-reactive ketones (excluding diaryl/α,β-unsaturated/α-hetero) is 1. The molecule has 0 amide bonds. The number of carbonyl (C=O) groups is 3. The number of hydrogen-bond donors (Lipinski definition) is 2. The topological polar surface area (TPSA) is 108 Å². The number of carboxylic acids is 1. The molecule has 6 aromatic carbocycles. The van der Waals surface area contributed by atoms with Gasteiger partial charge in [0.1, 0.15) is 37.5 Å². The summed E-state index contributed by atoms with van der Waals surface area (Å²) in [5, 5.41) is 9.78. The van der Waals surface area contributed by atoms with E-state index in [1.807, 2.05) is 72.8 Å². The van der Waals surface area contributed by atoms with E-state index in [9.17, 15) is 19.5 Å². The SMILES string of the molecule is CC(=O)SC(C(C)=O)c1cccc(OCc2ccccc2Cl)c1OCc1ccccc1Cl.O=C(O)C(S)c1cccc(OCc2ccccc2Cl)c1OCc1ccccc1Cl. The Morgan fingerprint density at radius 3 is 1.21 bits per heavy atom. The lowest BCUT2D eigenvalue weighted by Crippen LogP contribution is -2.11. The molecule has 316 valence electrons. The molecule has 0 aliphatic rings. The van der Waals surface area contributed by atoms with Crippen LogP contribution in [-0.4, -0.2) is 22.0 Å². The fraction of sp³-hybridized carbons (Fsp3) is 0.170. The van der Waals surface area contributed by atoms with E-state index in [0.717, 1.165) is 34.0 Å². The molecule has 0 fully saturated rings. The van der Waals surface area contributed by atoms with Crippen molar-refractivity contribution in [2.75, 3.05) is 0 Å². The monoisotopic (exact) mass is 936 g/mol. The molecule has 0 aliphatic heterocycles. The molecule has 1 N–H and O–H groups in total. The van der Waals surface area contributed by atoms with Crippen molar-refractivity contribution in [2.24, 2.45) is 0 Å². The molecule has 0 heterocycles. The summed E-state index contributed by atoms with van der Waals surface area (Å²) >= 11 is 30.1. The Morgan fingerprint density at radius 2 is 0.869 bits per heavy atom. The minimum Gasteiger partial charge on any atom is -0.485 e. The van der Waals surface area contributed by atoms with Gasteiger partial charge in [0.25, 0.3) is 0 Å². The molecule has 0 aromatic heterocycles. The molecule has 8 nitrogen and oxygen atoms in total. The first kappa shape index (κ1) is 47.2. The smallest absolute Gasteiger partial charge is 0.321 e. The number of para-hydroxylation sites is 2. The Balaban J connectivity index is 0.000000232. The number of hydrogen-bond acceptors (Lipinski definition) is 9. The lowest BCUT2D eigenvalue weighted by atomic mass is 10.1. The molecule has 14 heteroatoms. The first-order chi connectivity index (χ1) is 29.3. The predicted octanol–water partition coefficient (Wildman–Crippen LogP) is 13.3. The van der Waals surface area contributed by atoms with Crippen LogP contribution in [0.25, 0.3) is 0 Å². The van der Waals surface area contributed by atoms with Crippen LogP contribution < -0.4 is 18.9 Å². The number of thioether (sulfide) groups is 1. The van der Waals surface area contributed by atoms with Crippen molar-refractivity contribution in [2.45, 2.75) is 50.8 Å². The Hall–Kier alpha value is -4.81. The van der Waals surface area contributed by atoms with Crippen molar-refractivity contribution < 1.29 is 38.4 Å². The van der Waals surface area contributed by atoms with Crippen molar-refractivity contribution in [1.29, 1.82) is 0 Å². The molecule has 6 aromatic rings. The van der Waals surface area contributed by atoms with Crippen LogP contribution in [0.1, 0.15) is 57.7 Å². The molecular weight excluding hydrogens is 898 g/mol. The van der Waals surface area contributed by atoms with Crippen LogP contribution in [0.15, 0.2) is 133 Å². The minimum atomic E-state index is -1.08. The first-order valence-electron chi connectivity index (χ1n) is 18.6. The van der Waals surface area contributed by atoms with Gasteiger partial charge >= 0.3 is 5.97 Å². The molecule has 2 atom stereocenters. The molecule has 0 radical (unpaired) electrons. The van der Waals surface area contributed by atoms with Crippen LogP contribution in [0, 0.1) is 0 Å². The van der Waals surface area contributed by atoms with E-state index in [1.165, 1.54) is 13.8 Å². The van der Waals surface area contributed by atoms with Crippen molar-refractivity contribution in [1.82, 2.24) is 0 Å². The summed E-state index contributed by atoms with van der Waals surface area (Å²) in [6, 6.07) is 39.7. The molecule has 0 saturated carbocycles. The zero-order valence-electron chi connectivity index (χ0n) is 32.9. The van der Waals surface area contributed by atoms with E-state index in [4.69, 9.17) is 65.4 Å². The largest absolute Gasteiger partial charge is 0.485 e. The lowest BCUT2D eigenvalue weighted by Gasteiger charge is -2.20. The van der Waals surface area contributed by atoms with E-state index in [1.54, 1.807) is 60.7 Å². The highest BCUT2D eigenvalue weighted by molar-refractivity contribution is 8.14.